The van der Waals surface area contributed by atoms with Gasteiger partial charge in [-0.05, 0) is 30.6 Å². The summed E-state index contributed by atoms with van der Waals surface area (Å²) in [7, 11) is 3.19. The molecule has 114 valence electrons. The summed E-state index contributed by atoms with van der Waals surface area (Å²) in [6.07, 6.45) is 2.83. The van der Waals surface area contributed by atoms with E-state index in [2.05, 4.69) is 10.1 Å². The maximum absolute atomic E-state index is 6.03. The summed E-state index contributed by atoms with van der Waals surface area (Å²) in [4.78, 5) is 4.36. The van der Waals surface area contributed by atoms with Crippen LogP contribution in [-0.4, -0.2) is 36.4 Å². The molecule has 0 aliphatic rings. The van der Waals surface area contributed by atoms with Gasteiger partial charge in [-0.1, -0.05) is 5.16 Å². The van der Waals surface area contributed by atoms with E-state index in [-0.39, 0.29) is 6.04 Å². The van der Waals surface area contributed by atoms with Crippen LogP contribution in [0, 0.1) is 0 Å². The number of methoxy groups -OCH3 is 2. The first-order chi connectivity index (χ1) is 10.2. The quantitative estimate of drug-likeness (QED) is 0.841. The lowest BCUT2D eigenvalue weighted by Gasteiger charge is -2.06. The van der Waals surface area contributed by atoms with Crippen LogP contribution in [0.2, 0.25) is 0 Å². The minimum Gasteiger partial charge on any atom is -0.497 e. The second-order valence-corrected chi connectivity index (χ2v) is 5.43. The van der Waals surface area contributed by atoms with Gasteiger partial charge < -0.3 is 19.7 Å². The Morgan fingerprint density at radius 3 is 2.48 bits per heavy atom. The highest BCUT2D eigenvalue weighted by Crippen LogP contribution is 2.28. The minimum absolute atomic E-state index is 0.244. The lowest BCUT2D eigenvalue weighted by Crippen LogP contribution is -2.11. The van der Waals surface area contributed by atoms with Crippen LogP contribution >= 0.6 is 11.8 Å². The lowest BCUT2D eigenvalue weighted by molar-refractivity contribution is 0.353. The number of thioether (sulfide) groups is 1. The Hall–Kier alpha value is -1.73. The minimum atomic E-state index is -0.244. The molecule has 1 aromatic heterocycles. The summed E-state index contributed by atoms with van der Waals surface area (Å²) in [5, 5.41) is 3.98. The SMILES string of the molecule is COc1cc(OC)cc(-c2noc(C(N)CCSC)n2)c1. The van der Waals surface area contributed by atoms with Gasteiger partial charge in [0.2, 0.25) is 11.7 Å². The highest BCUT2D eigenvalue weighted by molar-refractivity contribution is 7.98. The van der Waals surface area contributed by atoms with Crippen molar-refractivity contribution in [1.82, 2.24) is 10.1 Å². The smallest absolute Gasteiger partial charge is 0.243 e. The molecular formula is C14H19N3O3S. The van der Waals surface area contributed by atoms with Gasteiger partial charge >= 0.3 is 0 Å². The third-order valence-corrected chi connectivity index (χ3v) is 3.65. The summed E-state index contributed by atoms with van der Waals surface area (Å²) in [5.41, 5.74) is 6.79. The standard InChI is InChI=1S/C14H19N3O3S/c1-18-10-6-9(7-11(8-10)19-2)13-16-14(20-17-13)12(15)4-5-21-3/h6-8,12H,4-5,15H2,1-3H3. The Morgan fingerprint density at radius 2 is 1.90 bits per heavy atom. The van der Waals surface area contributed by atoms with Gasteiger partial charge in [-0.25, -0.2) is 0 Å². The second kappa shape index (κ2) is 7.33. The molecule has 2 N–H and O–H groups in total. The third kappa shape index (κ3) is 3.89. The van der Waals surface area contributed by atoms with Gasteiger partial charge in [0.15, 0.2) is 0 Å². The van der Waals surface area contributed by atoms with Gasteiger partial charge in [0.1, 0.15) is 11.5 Å². The van der Waals surface area contributed by atoms with Crippen molar-refractivity contribution >= 4 is 11.8 Å². The molecule has 0 saturated carbocycles. The number of hydrogen-bond donors (Lipinski definition) is 1. The van der Waals surface area contributed by atoms with Crippen molar-refractivity contribution in [3.05, 3.63) is 24.1 Å². The fraction of sp³-hybridized carbons (Fsp3) is 0.429. The number of benzene rings is 1. The first-order valence-electron chi connectivity index (χ1n) is 6.49. The van der Waals surface area contributed by atoms with Crippen LogP contribution in [-0.2, 0) is 0 Å². The van der Waals surface area contributed by atoms with Crippen LogP contribution in [0.1, 0.15) is 18.4 Å². The van der Waals surface area contributed by atoms with Crippen molar-refractivity contribution in [3.8, 4) is 22.9 Å². The van der Waals surface area contributed by atoms with Crippen LogP contribution in [0.3, 0.4) is 0 Å². The molecule has 1 aromatic carbocycles. The highest BCUT2D eigenvalue weighted by atomic mass is 32.2. The zero-order valence-electron chi connectivity index (χ0n) is 12.3. The van der Waals surface area contributed by atoms with Gasteiger partial charge in [0.05, 0.1) is 20.3 Å². The molecule has 0 aliphatic heterocycles. The van der Waals surface area contributed by atoms with Crippen LogP contribution < -0.4 is 15.2 Å². The fourth-order valence-electron chi connectivity index (χ4n) is 1.81. The zero-order chi connectivity index (χ0) is 15.2. The second-order valence-electron chi connectivity index (χ2n) is 4.45. The molecule has 2 aromatic rings. The van der Waals surface area contributed by atoms with E-state index in [0.29, 0.717) is 23.2 Å². The van der Waals surface area contributed by atoms with Gasteiger partial charge in [0.25, 0.3) is 0 Å². The third-order valence-electron chi connectivity index (χ3n) is 3.00. The fourth-order valence-corrected chi connectivity index (χ4v) is 2.30. The average molecular weight is 309 g/mol. The van der Waals surface area contributed by atoms with E-state index in [1.165, 1.54) is 0 Å². The highest BCUT2D eigenvalue weighted by Gasteiger charge is 2.16. The predicted molar refractivity (Wildman–Crippen MR) is 82.8 cm³/mol. The van der Waals surface area contributed by atoms with Crippen molar-refractivity contribution in [2.45, 2.75) is 12.5 Å². The van der Waals surface area contributed by atoms with Gasteiger partial charge in [-0.15, -0.1) is 0 Å². The summed E-state index contributed by atoms with van der Waals surface area (Å²) in [6.45, 7) is 0. The van der Waals surface area contributed by atoms with Gasteiger partial charge in [-0.2, -0.15) is 16.7 Å². The molecule has 7 heteroatoms. The summed E-state index contributed by atoms with van der Waals surface area (Å²) in [6, 6.07) is 5.19. The summed E-state index contributed by atoms with van der Waals surface area (Å²) in [5.74, 6) is 3.21. The van der Waals surface area contributed by atoms with Gasteiger partial charge in [0, 0.05) is 11.6 Å². The number of aromatic nitrogens is 2. The number of hydrogen-bond acceptors (Lipinski definition) is 7. The molecule has 0 fully saturated rings. The molecule has 1 unspecified atom stereocenters. The Balaban J connectivity index is 2.24. The van der Waals surface area contributed by atoms with Crippen molar-refractivity contribution in [2.75, 3.05) is 26.2 Å². The lowest BCUT2D eigenvalue weighted by atomic mass is 10.2. The number of nitrogens with zero attached hydrogens (tertiary/aromatic N) is 2. The molecular weight excluding hydrogens is 290 g/mol. The zero-order valence-corrected chi connectivity index (χ0v) is 13.1. The maximum Gasteiger partial charge on any atom is 0.243 e. The predicted octanol–water partition coefficient (Wildman–Crippen LogP) is 2.51. The molecule has 2 rings (SSSR count). The maximum atomic E-state index is 6.03. The summed E-state index contributed by atoms with van der Waals surface area (Å²) >= 11 is 1.73. The molecule has 0 radical (unpaired) electrons. The van der Waals surface area contributed by atoms with E-state index >= 15 is 0 Å². The van der Waals surface area contributed by atoms with E-state index in [4.69, 9.17) is 19.7 Å². The molecule has 1 atom stereocenters. The monoisotopic (exact) mass is 309 g/mol. The van der Waals surface area contributed by atoms with E-state index < -0.39 is 0 Å². The van der Waals surface area contributed by atoms with E-state index in [0.717, 1.165) is 17.7 Å². The number of rotatable bonds is 7. The van der Waals surface area contributed by atoms with Crippen molar-refractivity contribution in [1.29, 1.82) is 0 Å². The largest absolute Gasteiger partial charge is 0.497 e. The van der Waals surface area contributed by atoms with Crippen molar-refractivity contribution in [3.63, 3.8) is 0 Å². The van der Waals surface area contributed by atoms with Crippen molar-refractivity contribution < 1.29 is 14.0 Å². The van der Waals surface area contributed by atoms with E-state index in [1.54, 1.807) is 32.0 Å². The first-order valence-corrected chi connectivity index (χ1v) is 7.89. The Bertz CT molecular complexity index is 566. The Labute approximate surface area is 128 Å². The molecule has 21 heavy (non-hydrogen) atoms. The molecule has 0 spiro atoms. The topological polar surface area (TPSA) is 83.4 Å². The summed E-state index contributed by atoms with van der Waals surface area (Å²) < 4.78 is 15.7. The molecule has 0 saturated heterocycles. The molecule has 0 bridgehead atoms. The van der Waals surface area contributed by atoms with Crippen LogP contribution in [0.5, 0.6) is 11.5 Å². The average Bonchev–Trinajstić information content (AvgIpc) is 3.02. The first kappa shape index (κ1) is 15.7. The Morgan fingerprint density at radius 1 is 1.24 bits per heavy atom. The van der Waals surface area contributed by atoms with Gasteiger partial charge in [-0.3, -0.25) is 0 Å². The number of nitrogens with two attached hydrogens (primary N) is 1. The van der Waals surface area contributed by atoms with Crippen LogP contribution in [0.25, 0.3) is 11.4 Å². The van der Waals surface area contributed by atoms with E-state index in [9.17, 15) is 0 Å². The van der Waals surface area contributed by atoms with Crippen LogP contribution in [0.15, 0.2) is 22.7 Å². The normalized spacial score (nSPS) is 12.2. The van der Waals surface area contributed by atoms with Crippen molar-refractivity contribution in [2.24, 2.45) is 5.73 Å². The molecule has 6 nitrogen and oxygen atoms in total. The number of ether oxygens (including phenoxy) is 2. The Kier molecular flexibility index (Phi) is 5.46. The molecule has 0 amide bonds. The van der Waals surface area contributed by atoms with Crippen LogP contribution in [0.4, 0.5) is 0 Å². The molecule has 0 aliphatic carbocycles. The molecule has 1 heterocycles. The van der Waals surface area contributed by atoms with E-state index in [1.807, 2.05) is 18.4 Å².